The predicted molar refractivity (Wildman–Crippen MR) is 133 cm³/mol. The second-order valence-corrected chi connectivity index (χ2v) is 12.5. The Hall–Kier alpha value is -2.65. The summed E-state index contributed by atoms with van der Waals surface area (Å²) in [6.45, 7) is 4.60. The minimum atomic E-state index is -1.06. The summed E-state index contributed by atoms with van der Waals surface area (Å²) in [5.74, 6) is -2.16. The Kier molecular flexibility index (Phi) is 6.96. The van der Waals surface area contributed by atoms with Gasteiger partial charge < -0.3 is 26.0 Å². The van der Waals surface area contributed by atoms with Gasteiger partial charge in [-0.15, -0.1) is 0 Å². The summed E-state index contributed by atoms with van der Waals surface area (Å²) < 4.78 is 5.40. The number of carbonyl (C=O) groups excluding carboxylic acids is 5. The smallest absolute Gasteiger partial charge is 0.408 e. The van der Waals surface area contributed by atoms with Crippen LogP contribution in [0.25, 0.3) is 0 Å². The number of Topliss-reactive ketones (excluding diaryl/α,β-unsaturated/α-hetero) is 1. The molecular weight excluding hydrogens is 476 g/mol. The van der Waals surface area contributed by atoms with Gasteiger partial charge in [-0.2, -0.15) is 0 Å². The Morgan fingerprint density at radius 3 is 2.24 bits per heavy atom. The number of ether oxygens (including phenoxy) is 1. The SMILES string of the molecule is CC1(C)C2CN(C(=O)[C@@H](NC(=O)OC3CC3)C3CCCCC3)[C@H](C(=O)NC(CC3CC3)C(=O)C(N)=O)[C@@H]21. The van der Waals surface area contributed by atoms with Crippen LogP contribution in [0, 0.1) is 29.1 Å². The fourth-order valence-electron chi connectivity index (χ4n) is 6.69. The van der Waals surface area contributed by atoms with Crippen LogP contribution in [0.5, 0.6) is 0 Å². The van der Waals surface area contributed by atoms with Gasteiger partial charge in [-0.05, 0) is 61.2 Å². The van der Waals surface area contributed by atoms with Crippen LogP contribution in [-0.4, -0.2) is 65.3 Å². The molecule has 0 radical (unpaired) electrons. The van der Waals surface area contributed by atoms with Crippen molar-refractivity contribution >= 4 is 29.6 Å². The molecule has 10 nitrogen and oxygen atoms in total. The fraction of sp³-hybridized carbons (Fsp3) is 0.815. The number of nitrogens with one attached hydrogen (secondary N) is 2. The van der Waals surface area contributed by atoms with Gasteiger partial charge in [0.1, 0.15) is 18.2 Å². The number of piperidine rings is 1. The lowest BCUT2D eigenvalue weighted by molar-refractivity contribution is -0.144. The van der Waals surface area contributed by atoms with Crippen LogP contribution in [0.1, 0.15) is 78.1 Å². The van der Waals surface area contributed by atoms with E-state index in [2.05, 4.69) is 24.5 Å². The first-order valence-electron chi connectivity index (χ1n) is 14.0. The molecule has 10 heteroatoms. The maximum Gasteiger partial charge on any atom is 0.408 e. The zero-order chi connectivity index (χ0) is 26.5. The second-order valence-electron chi connectivity index (χ2n) is 12.5. The number of amides is 4. The molecule has 0 bridgehead atoms. The van der Waals surface area contributed by atoms with E-state index in [1.807, 2.05) is 0 Å². The number of alkyl carbamates (subject to hydrolysis) is 1. The van der Waals surface area contributed by atoms with Crippen LogP contribution in [0.4, 0.5) is 4.79 Å². The van der Waals surface area contributed by atoms with E-state index in [-0.39, 0.29) is 41.1 Å². The van der Waals surface area contributed by atoms with Gasteiger partial charge in [0.2, 0.25) is 17.6 Å². The van der Waals surface area contributed by atoms with E-state index in [0.29, 0.717) is 13.0 Å². The molecule has 5 atom stereocenters. The number of rotatable bonds is 10. The summed E-state index contributed by atoms with van der Waals surface area (Å²) in [6, 6.07) is -2.49. The minimum Gasteiger partial charge on any atom is -0.446 e. The topological polar surface area (TPSA) is 148 Å². The van der Waals surface area contributed by atoms with E-state index in [0.717, 1.165) is 57.8 Å². The quantitative estimate of drug-likeness (QED) is 0.376. The number of fused-ring (bicyclic) bond motifs is 1. The minimum absolute atomic E-state index is 0.0132. The average molecular weight is 517 g/mol. The fourth-order valence-corrected chi connectivity index (χ4v) is 6.69. The third kappa shape index (κ3) is 5.48. The average Bonchev–Trinajstić information content (AvgIpc) is 3.82. The van der Waals surface area contributed by atoms with E-state index in [4.69, 9.17) is 10.5 Å². The molecule has 204 valence electrons. The summed E-state index contributed by atoms with van der Waals surface area (Å²) in [6.07, 6.45) is 8.08. The molecule has 4 amide bonds. The predicted octanol–water partition coefficient (Wildman–Crippen LogP) is 1.65. The van der Waals surface area contributed by atoms with Crippen LogP contribution < -0.4 is 16.4 Å². The van der Waals surface area contributed by atoms with E-state index in [1.54, 1.807) is 4.90 Å². The summed E-state index contributed by atoms with van der Waals surface area (Å²) in [4.78, 5) is 66.0. The van der Waals surface area contributed by atoms with Gasteiger partial charge >= 0.3 is 6.09 Å². The van der Waals surface area contributed by atoms with Crippen molar-refractivity contribution in [2.75, 3.05) is 6.54 Å². The third-order valence-electron chi connectivity index (χ3n) is 9.36. The van der Waals surface area contributed by atoms with E-state index in [9.17, 15) is 24.0 Å². The van der Waals surface area contributed by atoms with Crippen molar-refractivity contribution in [3.05, 3.63) is 0 Å². The molecule has 4 N–H and O–H groups in total. The van der Waals surface area contributed by atoms with Crippen LogP contribution in [0.15, 0.2) is 0 Å². The lowest BCUT2D eigenvalue weighted by Gasteiger charge is -2.37. The van der Waals surface area contributed by atoms with Gasteiger partial charge in [0.15, 0.2) is 0 Å². The van der Waals surface area contributed by atoms with Crippen LogP contribution >= 0.6 is 0 Å². The Morgan fingerprint density at radius 2 is 1.65 bits per heavy atom. The molecule has 1 saturated heterocycles. The Morgan fingerprint density at radius 1 is 0.973 bits per heavy atom. The number of hydrogen-bond acceptors (Lipinski definition) is 6. The van der Waals surface area contributed by atoms with Crippen molar-refractivity contribution in [2.45, 2.75) is 102 Å². The second kappa shape index (κ2) is 9.91. The number of primary amides is 1. The molecule has 1 aliphatic heterocycles. The highest BCUT2D eigenvalue weighted by Crippen LogP contribution is 2.65. The summed E-state index contributed by atoms with van der Waals surface area (Å²) in [5, 5.41) is 5.64. The van der Waals surface area contributed by atoms with Crippen molar-refractivity contribution < 1.29 is 28.7 Å². The molecule has 2 unspecified atom stereocenters. The lowest BCUT2D eigenvalue weighted by atomic mass is 9.83. The normalized spacial score (nSPS) is 30.0. The van der Waals surface area contributed by atoms with Crippen LogP contribution in [-0.2, 0) is 23.9 Å². The van der Waals surface area contributed by atoms with Crippen molar-refractivity contribution in [3.8, 4) is 0 Å². The van der Waals surface area contributed by atoms with Gasteiger partial charge in [0, 0.05) is 6.54 Å². The number of likely N-dealkylation sites (tertiary alicyclic amines) is 1. The number of nitrogens with zero attached hydrogens (tertiary/aromatic N) is 1. The van der Waals surface area contributed by atoms with Crippen LogP contribution in [0.3, 0.4) is 0 Å². The van der Waals surface area contributed by atoms with Crippen molar-refractivity contribution in [3.63, 3.8) is 0 Å². The molecular formula is C27H40N4O6. The zero-order valence-electron chi connectivity index (χ0n) is 21.9. The molecule has 0 aromatic heterocycles. The van der Waals surface area contributed by atoms with E-state index >= 15 is 0 Å². The van der Waals surface area contributed by atoms with Crippen LogP contribution in [0.2, 0.25) is 0 Å². The van der Waals surface area contributed by atoms with Crippen molar-refractivity contribution in [2.24, 2.45) is 34.8 Å². The number of carbonyl (C=O) groups is 5. The van der Waals surface area contributed by atoms with Gasteiger partial charge in [-0.1, -0.05) is 46.0 Å². The third-order valence-corrected chi connectivity index (χ3v) is 9.36. The molecule has 4 saturated carbocycles. The van der Waals surface area contributed by atoms with Crippen molar-refractivity contribution in [1.82, 2.24) is 15.5 Å². The highest BCUT2D eigenvalue weighted by atomic mass is 16.6. The Labute approximate surface area is 217 Å². The first-order chi connectivity index (χ1) is 17.6. The molecule has 4 aliphatic carbocycles. The highest BCUT2D eigenvalue weighted by molar-refractivity contribution is 6.37. The number of nitrogens with two attached hydrogens (primary N) is 1. The maximum absolute atomic E-state index is 14.0. The molecule has 0 aromatic rings. The molecule has 37 heavy (non-hydrogen) atoms. The van der Waals surface area contributed by atoms with Gasteiger partial charge in [0.05, 0.1) is 6.04 Å². The molecule has 1 heterocycles. The summed E-state index contributed by atoms with van der Waals surface area (Å²) in [7, 11) is 0. The maximum atomic E-state index is 14.0. The molecule has 5 fully saturated rings. The highest BCUT2D eigenvalue weighted by Gasteiger charge is 2.69. The molecule has 5 rings (SSSR count). The Balaban J connectivity index is 1.34. The van der Waals surface area contributed by atoms with Crippen molar-refractivity contribution in [1.29, 1.82) is 0 Å². The number of ketones is 1. The molecule has 0 aromatic carbocycles. The van der Waals surface area contributed by atoms with E-state index in [1.165, 1.54) is 0 Å². The first-order valence-corrected chi connectivity index (χ1v) is 14.0. The van der Waals surface area contributed by atoms with Gasteiger partial charge in [-0.3, -0.25) is 19.2 Å². The van der Waals surface area contributed by atoms with Gasteiger partial charge in [-0.25, -0.2) is 4.79 Å². The summed E-state index contributed by atoms with van der Waals surface area (Å²) in [5.41, 5.74) is 5.15. The largest absolute Gasteiger partial charge is 0.446 e. The number of hydrogen-bond donors (Lipinski definition) is 3. The first kappa shape index (κ1) is 26.0. The Bertz CT molecular complexity index is 968. The molecule has 5 aliphatic rings. The van der Waals surface area contributed by atoms with Gasteiger partial charge in [0.25, 0.3) is 5.91 Å². The molecule has 0 spiro atoms. The standard InChI is InChI=1S/C27H40N4O6/c1-27(2)17-13-31(21(19(17)27)24(34)29-18(12-14-8-9-14)22(32)23(28)33)25(35)20(15-6-4-3-5-7-15)30-26(36)37-16-10-11-16/h14-21H,3-13H2,1-2H3,(H2,28,33)(H,29,34)(H,30,36)/t17?,18?,19-,20+,21+/m1/s1. The lowest BCUT2D eigenvalue weighted by Crippen LogP contribution is -2.59. The summed E-state index contributed by atoms with van der Waals surface area (Å²) >= 11 is 0. The van der Waals surface area contributed by atoms with E-state index < -0.39 is 41.8 Å². The monoisotopic (exact) mass is 516 g/mol. The zero-order valence-corrected chi connectivity index (χ0v) is 21.9.